The first-order valence-corrected chi connectivity index (χ1v) is 5.47. The van der Waals surface area contributed by atoms with Crippen LogP contribution in [-0.2, 0) is 13.0 Å². The molecule has 1 atom stereocenters. The second kappa shape index (κ2) is 4.55. The maximum Gasteiger partial charge on any atom is 0.138 e. The lowest BCUT2D eigenvalue weighted by molar-refractivity contribution is 0.364. The minimum absolute atomic E-state index is 0.748. The molecule has 0 saturated carbocycles. The van der Waals surface area contributed by atoms with Crippen LogP contribution in [0.25, 0.3) is 0 Å². The fraction of sp³-hybridized carbons (Fsp3) is 0.800. The van der Waals surface area contributed by atoms with E-state index in [2.05, 4.69) is 22.3 Å². The van der Waals surface area contributed by atoms with Crippen LogP contribution in [0.3, 0.4) is 0 Å². The number of aromatic nitrogens is 3. The van der Waals surface area contributed by atoms with Gasteiger partial charge in [0.2, 0.25) is 0 Å². The van der Waals surface area contributed by atoms with Crippen molar-refractivity contribution in [3.8, 4) is 0 Å². The Bertz CT molecular complexity index is 275. The highest BCUT2D eigenvalue weighted by Crippen LogP contribution is 2.14. The second-order valence-corrected chi connectivity index (χ2v) is 3.91. The summed E-state index contributed by atoms with van der Waals surface area (Å²) in [6, 6.07) is 0. The standard InChI is InChI=1S/C10H18N4/c1-2-14-10(12-8-13-14)6-9-4-3-5-11-7-9/h8-9,11H,2-7H2,1H3. The molecular weight excluding hydrogens is 176 g/mol. The first-order valence-electron chi connectivity index (χ1n) is 5.47. The summed E-state index contributed by atoms with van der Waals surface area (Å²) >= 11 is 0. The maximum absolute atomic E-state index is 4.31. The molecule has 14 heavy (non-hydrogen) atoms. The third-order valence-electron chi connectivity index (χ3n) is 2.87. The van der Waals surface area contributed by atoms with E-state index in [1.165, 1.54) is 19.4 Å². The Morgan fingerprint density at radius 1 is 1.64 bits per heavy atom. The van der Waals surface area contributed by atoms with E-state index in [1.807, 2.05) is 4.68 Å². The highest BCUT2D eigenvalue weighted by molar-refractivity contribution is 4.88. The van der Waals surface area contributed by atoms with Crippen LogP contribution in [-0.4, -0.2) is 27.9 Å². The molecular formula is C10H18N4. The molecule has 2 rings (SSSR count). The summed E-state index contributed by atoms with van der Waals surface area (Å²) in [6.07, 6.45) is 5.35. The smallest absolute Gasteiger partial charge is 0.138 e. The van der Waals surface area contributed by atoms with E-state index >= 15 is 0 Å². The molecule has 1 N–H and O–H groups in total. The summed E-state index contributed by atoms with van der Waals surface area (Å²) in [5, 5.41) is 7.61. The fourth-order valence-electron chi connectivity index (χ4n) is 2.07. The highest BCUT2D eigenvalue weighted by Gasteiger charge is 2.15. The van der Waals surface area contributed by atoms with Crippen molar-refractivity contribution in [2.45, 2.75) is 32.7 Å². The zero-order valence-corrected chi connectivity index (χ0v) is 8.74. The van der Waals surface area contributed by atoms with Crippen LogP contribution in [0.4, 0.5) is 0 Å². The van der Waals surface area contributed by atoms with Gasteiger partial charge in [-0.15, -0.1) is 0 Å². The molecule has 78 valence electrons. The SMILES string of the molecule is CCn1ncnc1CC1CCCNC1. The van der Waals surface area contributed by atoms with Gasteiger partial charge < -0.3 is 5.32 Å². The zero-order valence-electron chi connectivity index (χ0n) is 8.74. The van der Waals surface area contributed by atoms with E-state index < -0.39 is 0 Å². The van der Waals surface area contributed by atoms with Gasteiger partial charge in [0.05, 0.1) is 0 Å². The van der Waals surface area contributed by atoms with E-state index in [-0.39, 0.29) is 0 Å². The molecule has 0 bridgehead atoms. The molecule has 0 aliphatic carbocycles. The van der Waals surface area contributed by atoms with Gasteiger partial charge in [-0.3, -0.25) is 4.68 Å². The Balaban J connectivity index is 1.95. The molecule has 1 aromatic heterocycles. The van der Waals surface area contributed by atoms with Crippen LogP contribution in [0.2, 0.25) is 0 Å². The van der Waals surface area contributed by atoms with Crippen LogP contribution < -0.4 is 5.32 Å². The summed E-state index contributed by atoms with van der Waals surface area (Å²) in [5.74, 6) is 1.89. The van der Waals surface area contributed by atoms with Crippen LogP contribution in [0.15, 0.2) is 6.33 Å². The van der Waals surface area contributed by atoms with Crippen molar-refractivity contribution >= 4 is 0 Å². The van der Waals surface area contributed by atoms with Gasteiger partial charge in [-0.1, -0.05) is 0 Å². The molecule has 1 aliphatic rings. The second-order valence-electron chi connectivity index (χ2n) is 3.91. The van der Waals surface area contributed by atoms with Gasteiger partial charge in [0.25, 0.3) is 0 Å². The first kappa shape index (κ1) is 9.65. The van der Waals surface area contributed by atoms with E-state index in [1.54, 1.807) is 6.33 Å². The summed E-state index contributed by atoms with van der Waals surface area (Å²) in [5.41, 5.74) is 0. The predicted octanol–water partition coefficient (Wildman–Crippen LogP) is 0.840. The van der Waals surface area contributed by atoms with Gasteiger partial charge in [-0.05, 0) is 38.8 Å². The molecule has 4 heteroatoms. The van der Waals surface area contributed by atoms with Crippen LogP contribution in [0.5, 0.6) is 0 Å². The van der Waals surface area contributed by atoms with E-state index in [0.717, 1.165) is 31.3 Å². The van der Waals surface area contributed by atoms with Crippen molar-refractivity contribution in [1.82, 2.24) is 20.1 Å². The topological polar surface area (TPSA) is 42.7 Å². The molecule has 1 saturated heterocycles. The van der Waals surface area contributed by atoms with Crippen molar-refractivity contribution in [1.29, 1.82) is 0 Å². The summed E-state index contributed by atoms with van der Waals surface area (Å²) in [6.45, 7) is 5.35. The highest BCUT2D eigenvalue weighted by atomic mass is 15.3. The molecule has 1 aromatic rings. The Kier molecular flexibility index (Phi) is 3.14. The molecule has 0 spiro atoms. The zero-order chi connectivity index (χ0) is 9.80. The van der Waals surface area contributed by atoms with Gasteiger partial charge >= 0.3 is 0 Å². The van der Waals surface area contributed by atoms with E-state index in [4.69, 9.17) is 0 Å². The van der Waals surface area contributed by atoms with Crippen molar-refractivity contribution in [3.63, 3.8) is 0 Å². The molecule has 0 amide bonds. The van der Waals surface area contributed by atoms with Gasteiger partial charge in [0.1, 0.15) is 12.2 Å². The molecule has 0 aromatic carbocycles. The monoisotopic (exact) mass is 194 g/mol. The van der Waals surface area contributed by atoms with E-state index in [0.29, 0.717) is 0 Å². The lowest BCUT2D eigenvalue weighted by Gasteiger charge is -2.22. The Morgan fingerprint density at radius 2 is 2.57 bits per heavy atom. The number of hydrogen-bond donors (Lipinski definition) is 1. The number of hydrogen-bond acceptors (Lipinski definition) is 3. The molecule has 1 fully saturated rings. The third kappa shape index (κ3) is 2.12. The number of piperidine rings is 1. The molecule has 1 aliphatic heterocycles. The maximum atomic E-state index is 4.31. The normalized spacial score (nSPS) is 22.5. The fourth-order valence-corrected chi connectivity index (χ4v) is 2.07. The summed E-state index contributed by atoms with van der Waals surface area (Å²) in [7, 11) is 0. The summed E-state index contributed by atoms with van der Waals surface area (Å²) in [4.78, 5) is 4.31. The van der Waals surface area contributed by atoms with Gasteiger partial charge in [0.15, 0.2) is 0 Å². The minimum atomic E-state index is 0.748. The van der Waals surface area contributed by atoms with Gasteiger partial charge in [-0.2, -0.15) is 5.10 Å². The van der Waals surface area contributed by atoms with Crippen LogP contribution in [0, 0.1) is 5.92 Å². The Labute approximate surface area is 84.7 Å². The lowest BCUT2D eigenvalue weighted by atomic mass is 9.96. The summed E-state index contributed by atoms with van der Waals surface area (Å²) < 4.78 is 1.99. The Hall–Kier alpha value is -0.900. The first-order chi connectivity index (χ1) is 6.90. The van der Waals surface area contributed by atoms with Crippen molar-refractivity contribution in [2.75, 3.05) is 13.1 Å². The van der Waals surface area contributed by atoms with E-state index in [9.17, 15) is 0 Å². The largest absolute Gasteiger partial charge is 0.316 e. The number of nitrogens with zero attached hydrogens (tertiary/aromatic N) is 3. The van der Waals surface area contributed by atoms with Crippen LogP contribution >= 0.6 is 0 Å². The molecule has 4 nitrogen and oxygen atoms in total. The van der Waals surface area contributed by atoms with Crippen molar-refractivity contribution < 1.29 is 0 Å². The number of aryl methyl sites for hydroxylation is 1. The van der Waals surface area contributed by atoms with Gasteiger partial charge in [0, 0.05) is 13.0 Å². The van der Waals surface area contributed by atoms with Crippen LogP contribution in [0.1, 0.15) is 25.6 Å². The number of nitrogens with one attached hydrogen (secondary N) is 1. The van der Waals surface area contributed by atoms with Crippen molar-refractivity contribution in [2.24, 2.45) is 5.92 Å². The minimum Gasteiger partial charge on any atom is -0.316 e. The molecule has 0 radical (unpaired) electrons. The average Bonchev–Trinajstić information content (AvgIpc) is 2.67. The Morgan fingerprint density at radius 3 is 3.29 bits per heavy atom. The average molecular weight is 194 g/mol. The molecule has 1 unspecified atom stereocenters. The molecule has 2 heterocycles. The third-order valence-corrected chi connectivity index (χ3v) is 2.87. The predicted molar refractivity (Wildman–Crippen MR) is 55.0 cm³/mol. The number of rotatable bonds is 3. The lowest BCUT2D eigenvalue weighted by Crippen LogP contribution is -2.31. The van der Waals surface area contributed by atoms with Gasteiger partial charge in [-0.25, -0.2) is 4.98 Å². The quantitative estimate of drug-likeness (QED) is 0.775. The van der Waals surface area contributed by atoms with Crippen molar-refractivity contribution in [3.05, 3.63) is 12.2 Å².